The molecule has 0 spiro atoms. The molecule has 0 unspecified atom stereocenters. The van der Waals surface area contributed by atoms with Gasteiger partial charge in [-0.3, -0.25) is 28.8 Å². The van der Waals surface area contributed by atoms with E-state index in [1.807, 2.05) is 0 Å². The van der Waals surface area contributed by atoms with Crippen LogP contribution in [0.15, 0.2) is 0 Å². The van der Waals surface area contributed by atoms with Gasteiger partial charge in [0, 0.05) is 84.6 Å². The molecular weight excluding hydrogens is 706 g/mol. The van der Waals surface area contributed by atoms with Gasteiger partial charge in [0.25, 0.3) is 0 Å². The second kappa shape index (κ2) is 58.4. The zero-order valence-corrected chi connectivity index (χ0v) is 29.1. The molecule has 34 heavy (non-hydrogen) atoms. The molecule has 0 fully saturated rings. The predicted molar refractivity (Wildman–Crippen MR) is 128 cm³/mol. The molecule has 0 rings (SSSR count). The van der Waals surface area contributed by atoms with E-state index in [1.165, 1.54) is 29.4 Å². The van der Waals surface area contributed by atoms with E-state index >= 15 is 0 Å². The topological polar surface area (TPSA) is 153 Å². The van der Waals surface area contributed by atoms with Crippen molar-refractivity contribution in [1.82, 2.24) is 29.4 Å². The summed E-state index contributed by atoms with van der Waals surface area (Å²) >= 11 is 0. The van der Waals surface area contributed by atoms with Crippen molar-refractivity contribution >= 4 is 76.2 Å². The number of nitrogens with zero attached hydrogens (tertiary/aromatic N) is 6. The van der Waals surface area contributed by atoms with Crippen molar-refractivity contribution in [3.05, 3.63) is 0 Å². The Morgan fingerprint density at radius 2 is 0.353 bits per heavy atom. The van der Waals surface area contributed by atoms with Crippen LogP contribution in [-0.2, 0) is 28.8 Å². The largest absolute Gasteiger partial charge is 2.00 e. The summed E-state index contributed by atoms with van der Waals surface area (Å²) in [4.78, 5) is 65.2. The normalized spacial score (nSPS) is 6.00. The molecule has 0 aromatic rings. The summed E-state index contributed by atoms with van der Waals surface area (Å²) in [7, 11) is 20.2. The van der Waals surface area contributed by atoms with Crippen molar-refractivity contribution in [2.75, 3.05) is 84.6 Å². The van der Waals surface area contributed by atoms with E-state index in [2.05, 4.69) is 0 Å². The molecule has 0 heterocycles. The van der Waals surface area contributed by atoms with Crippen LogP contribution in [0.1, 0.15) is 0 Å². The van der Waals surface area contributed by atoms with Crippen LogP contribution in [0.3, 0.4) is 0 Å². The summed E-state index contributed by atoms with van der Waals surface area (Å²) in [5.41, 5.74) is 0. The molecule has 0 aromatic carbocycles. The Balaban J connectivity index is -0.0000000248. The van der Waals surface area contributed by atoms with E-state index in [0.717, 1.165) is 38.5 Å². The van der Waals surface area contributed by atoms with Crippen molar-refractivity contribution in [3.63, 3.8) is 0 Å². The van der Waals surface area contributed by atoms with Crippen LogP contribution < -0.4 is 48.0 Å². The molecule has 0 bridgehead atoms. The molecule has 2 N–H and O–H groups in total. The molecule has 0 aliphatic rings. The second-order valence-corrected chi connectivity index (χ2v) is 6.41. The van der Waals surface area contributed by atoms with Crippen LogP contribution in [-0.4, -0.2) is 196 Å². The van der Waals surface area contributed by atoms with Crippen molar-refractivity contribution in [2.24, 2.45) is 0 Å². The molecule has 0 aliphatic carbocycles. The molecule has 0 atom stereocenters. The molecule has 0 radical (unpaired) electrons. The molecule has 13 nitrogen and oxygen atoms in total. The number of halogens is 2. The van der Waals surface area contributed by atoms with Gasteiger partial charge in [-0.1, -0.05) is 0 Å². The summed E-state index contributed by atoms with van der Waals surface area (Å²) < 4.78 is 0. The summed E-state index contributed by atoms with van der Waals surface area (Å²) in [5.74, 6) is 0. The molecule has 6 amide bonds. The van der Waals surface area contributed by atoms with Gasteiger partial charge in [-0.2, -0.15) is 0 Å². The third-order valence-electron chi connectivity index (χ3n) is 1.26. The Morgan fingerprint density at radius 1 is 0.324 bits per heavy atom. The third-order valence-corrected chi connectivity index (χ3v) is 1.26. The Bertz CT molecular complexity index is 316. The van der Waals surface area contributed by atoms with Crippen molar-refractivity contribution in [3.8, 4) is 0 Å². The molecule has 0 aliphatic heterocycles. The van der Waals surface area contributed by atoms with E-state index in [-0.39, 0.29) is 91.2 Å². The minimum atomic E-state index is 0. The molecule has 204 valence electrons. The minimum absolute atomic E-state index is 0. The fourth-order valence-electron chi connectivity index (χ4n) is 0. The fourth-order valence-corrected chi connectivity index (χ4v) is 0. The van der Waals surface area contributed by atoms with E-state index in [9.17, 15) is 28.8 Å². The summed E-state index contributed by atoms with van der Waals surface area (Å²) in [5, 5.41) is 0. The van der Waals surface area contributed by atoms with E-state index in [4.69, 9.17) is 0 Å². The number of hydrogen-bond acceptors (Lipinski definition) is 6. The smallest absolute Gasteiger partial charge is 1.00 e. The first-order valence-electron chi connectivity index (χ1n) is 8.33. The molecule has 0 saturated heterocycles. The average molecular weight is 750 g/mol. The number of rotatable bonds is 6. The Morgan fingerprint density at radius 3 is 0.353 bits per heavy atom. The van der Waals surface area contributed by atoms with E-state index < -0.39 is 0 Å². The van der Waals surface area contributed by atoms with Gasteiger partial charge in [0.15, 0.2) is 0 Å². The van der Waals surface area contributed by atoms with Crippen LogP contribution in [0.4, 0.5) is 0 Å². The summed E-state index contributed by atoms with van der Waals surface area (Å²) in [6.45, 7) is 0. The van der Waals surface area contributed by atoms with Gasteiger partial charge in [-0.15, -0.1) is 0 Å². The van der Waals surface area contributed by atoms with Gasteiger partial charge in [-0.05, 0) is 0 Å². The van der Waals surface area contributed by atoms with Gasteiger partial charge in [0.1, 0.15) is 0 Å². The maximum absolute atomic E-state index is 9.43. The Hall–Kier alpha value is -0.500. The summed E-state index contributed by atoms with van der Waals surface area (Å²) in [6.07, 6.45) is 4.50. The number of amides is 6. The van der Waals surface area contributed by atoms with E-state index in [1.54, 1.807) is 84.6 Å². The average Bonchev–Trinajstić information content (AvgIpc) is 2.69. The minimum Gasteiger partial charge on any atom is -1.00 e. The zero-order chi connectivity index (χ0) is 25.7. The van der Waals surface area contributed by atoms with Crippen molar-refractivity contribution in [1.29, 1.82) is 0 Å². The maximum Gasteiger partial charge on any atom is 2.00 e. The first kappa shape index (κ1) is 64.1. The molecular formula is C18H44CaI2N6O7. The van der Waals surface area contributed by atoms with E-state index in [0.29, 0.717) is 0 Å². The van der Waals surface area contributed by atoms with Crippen LogP contribution >= 0.6 is 0 Å². The maximum atomic E-state index is 9.43. The predicted octanol–water partition coefficient (Wildman–Crippen LogP) is -8.97. The van der Waals surface area contributed by atoms with Crippen LogP contribution in [0.2, 0.25) is 0 Å². The monoisotopic (exact) mass is 750 g/mol. The third kappa shape index (κ3) is 222. The number of carbonyl (C=O) groups is 6. The van der Waals surface area contributed by atoms with Crippen LogP contribution in [0.25, 0.3) is 0 Å². The van der Waals surface area contributed by atoms with Crippen LogP contribution in [0, 0.1) is 0 Å². The fraction of sp³-hybridized carbons (Fsp3) is 0.667. The zero-order valence-electron chi connectivity index (χ0n) is 22.6. The van der Waals surface area contributed by atoms with Gasteiger partial charge in [0.2, 0.25) is 38.5 Å². The van der Waals surface area contributed by atoms with Gasteiger partial charge < -0.3 is 82.8 Å². The van der Waals surface area contributed by atoms with Gasteiger partial charge >= 0.3 is 37.7 Å². The Labute approximate surface area is 269 Å². The Kier molecular flexibility index (Phi) is 110. The molecule has 0 aromatic heterocycles. The quantitative estimate of drug-likeness (QED) is 0.150. The molecule has 0 saturated carbocycles. The first-order valence-corrected chi connectivity index (χ1v) is 8.33. The van der Waals surface area contributed by atoms with Crippen molar-refractivity contribution < 1.29 is 82.2 Å². The van der Waals surface area contributed by atoms with Gasteiger partial charge in [0.05, 0.1) is 0 Å². The van der Waals surface area contributed by atoms with Crippen molar-refractivity contribution in [2.45, 2.75) is 0 Å². The number of hydrogen-bond donors (Lipinski definition) is 0. The van der Waals surface area contributed by atoms with Gasteiger partial charge in [-0.25, -0.2) is 0 Å². The number of carbonyl (C=O) groups excluding carboxylic acids is 6. The SMILES string of the molecule is CN(C)C=O.CN(C)C=O.CN(C)C=O.CN(C)C=O.CN(C)C=O.CN(C)C=O.O.[Ca+2].[I-].[I-]. The standard InChI is InChI=1S/6C3H7NO.Ca.2HI.H2O/c6*1-4(2)3-5;;;;/h6*3H,1-2H3;;2*1H;1H2/q;;;;;;+2;;;/p-2. The molecule has 16 heteroatoms. The second-order valence-electron chi connectivity index (χ2n) is 6.41. The summed E-state index contributed by atoms with van der Waals surface area (Å²) in [6, 6.07) is 0. The first-order chi connectivity index (χ1) is 13.6. The van der Waals surface area contributed by atoms with Crippen LogP contribution in [0.5, 0.6) is 0 Å².